The Bertz CT molecular complexity index is 790. The van der Waals surface area contributed by atoms with Gasteiger partial charge in [0.15, 0.2) is 0 Å². The van der Waals surface area contributed by atoms with E-state index in [4.69, 9.17) is 11.6 Å². The zero-order valence-corrected chi connectivity index (χ0v) is 12.4. The third-order valence-corrected chi connectivity index (χ3v) is 3.62. The normalized spacial score (nSPS) is 10.8. The fourth-order valence-electron chi connectivity index (χ4n) is 2.24. The lowest BCUT2D eigenvalue weighted by atomic mass is 10.1. The number of fused-ring (bicyclic) bond motifs is 1. The summed E-state index contributed by atoms with van der Waals surface area (Å²) >= 11 is 6.00. The van der Waals surface area contributed by atoms with E-state index in [0.717, 1.165) is 32.9 Å². The number of halogens is 1. The van der Waals surface area contributed by atoms with Crippen molar-refractivity contribution in [1.82, 2.24) is 4.98 Å². The summed E-state index contributed by atoms with van der Waals surface area (Å²) in [5.41, 5.74) is 3.96. The van der Waals surface area contributed by atoms with Gasteiger partial charge in [-0.05, 0) is 42.0 Å². The third-order valence-electron chi connectivity index (χ3n) is 3.38. The van der Waals surface area contributed by atoms with Crippen molar-refractivity contribution in [2.24, 2.45) is 0 Å². The van der Waals surface area contributed by atoms with Gasteiger partial charge in [0.05, 0.1) is 0 Å². The van der Waals surface area contributed by atoms with Crippen molar-refractivity contribution in [3.05, 3.63) is 53.6 Å². The highest BCUT2D eigenvalue weighted by Gasteiger charge is 2.05. The van der Waals surface area contributed by atoms with E-state index in [1.54, 1.807) is 0 Å². The Morgan fingerprint density at radius 1 is 1.14 bits per heavy atom. The average molecular weight is 299 g/mol. The predicted molar refractivity (Wildman–Crippen MR) is 87.7 cm³/mol. The molecule has 0 bridgehead atoms. The Balaban J connectivity index is 1.90. The molecule has 4 heteroatoms. The van der Waals surface area contributed by atoms with Crippen LogP contribution >= 0.6 is 11.6 Å². The van der Waals surface area contributed by atoms with Gasteiger partial charge in [0.1, 0.15) is 0 Å². The van der Waals surface area contributed by atoms with Crippen molar-refractivity contribution in [2.75, 3.05) is 5.32 Å². The number of hydrogen-bond donors (Lipinski definition) is 2. The molecule has 0 unspecified atom stereocenters. The van der Waals surface area contributed by atoms with Gasteiger partial charge in [-0.15, -0.1) is 0 Å². The van der Waals surface area contributed by atoms with Crippen molar-refractivity contribution < 1.29 is 4.79 Å². The number of amides is 1. The second-order valence-electron chi connectivity index (χ2n) is 4.89. The van der Waals surface area contributed by atoms with Crippen molar-refractivity contribution in [2.45, 2.75) is 13.3 Å². The molecule has 0 spiro atoms. The van der Waals surface area contributed by atoms with Gasteiger partial charge in [0.25, 0.3) is 0 Å². The molecule has 3 nitrogen and oxygen atoms in total. The number of aromatic nitrogens is 1. The van der Waals surface area contributed by atoms with E-state index < -0.39 is 0 Å². The Morgan fingerprint density at radius 2 is 1.90 bits per heavy atom. The van der Waals surface area contributed by atoms with E-state index in [1.807, 2.05) is 49.4 Å². The van der Waals surface area contributed by atoms with E-state index in [1.165, 1.54) is 0 Å². The first-order valence-electron chi connectivity index (χ1n) is 6.84. The fraction of sp³-hybridized carbons (Fsp3) is 0.118. The standard InChI is InChI=1S/C17H15ClN2O/c1-2-17(21)19-14-6-3-11(4-7-14)16-10-12-9-13(18)5-8-15(12)20-16/h3-10,20H,2H2,1H3,(H,19,21). The van der Waals surface area contributed by atoms with Crippen LogP contribution in [0.5, 0.6) is 0 Å². The molecule has 0 radical (unpaired) electrons. The van der Waals surface area contributed by atoms with E-state index in [9.17, 15) is 4.79 Å². The summed E-state index contributed by atoms with van der Waals surface area (Å²) in [6, 6.07) is 15.6. The Kier molecular flexibility index (Phi) is 3.67. The minimum atomic E-state index is 0.0167. The lowest BCUT2D eigenvalue weighted by molar-refractivity contribution is -0.115. The number of rotatable bonds is 3. The quantitative estimate of drug-likeness (QED) is 0.714. The van der Waals surface area contributed by atoms with Crippen LogP contribution in [0.15, 0.2) is 48.5 Å². The molecule has 0 aliphatic carbocycles. The van der Waals surface area contributed by atoms with Gasteiger partial charge in [-0.3, -0.25) is 4.79 Å². The van der Waals surface area contributed by atoms with Crippen LogP contribution in [0.2, 0.25) is 5.02 Å². The van der Waals surface area contributed by atoms with Crippen molar-refractivity contribution in [3.63, 3.8) is 0 Å². The molecule has 0 aliphatic heterocycles. The summed E-state index contributed by atoms with van der Waals surface area (Å²) in [5.74, 6) is 0.0167. The van der Waals surface area contributed by atoms with E-state index in [-0.39, 0.29) is 5.91 Å². The van der Waals surface area contributed by atoms with Crippen LogP contribution in [0.25, 0.3) is 22.2 Å². The molecule has 0 fully saturated rings. The van der Waals surface area contributed by atoms with Crippen molar-refractivity contribution >= 4 is 34.1 Å². The van der Waals surface area contributed by atoms with Crippen LogP contribution in [0.1, 0.15) is 13.3 Å². The monoisotopic (exact) mass is 298 g/mol. The van der Waals surface area contributed by atoms with E-state index in [0.29, 0.717) is 6.42 Å². The molecular weight excluding hydrogens is 284 g/mol. The SMILES string of the molecule is CCC(=O)Nc1ccc(-c2cc3cc(Cl)ccc3[nH]2)cc1. The molecular formula is C17H15ClN2O. The molecule has 3 rings (SSSR count). The van der Waals surface area contributed by atoms with Gasteiger partial charge in [-0.2, -0.15) is 0 Å². The molecule has 1 aromatic heterocycles. The van der Waals surface area contributed by atoms with Crippen molar-refractivity contribution in [3.8, 4) is 11.3 Å². The van der Waals surface area contributed by atoms with Gasteiger partial charge in [0, 0.05) is 33.7 Å². The molecule has 0 aliphatic rings. The van der Waals surface area contributed by atoms with Crippen LogP contribution < -0.4 is 5.32 Å². The first-order chi connectivity index (χ1) is 10.2. The number of aromatic amines is 1. The predicted octanol–water partition coefficient (Wildman–Crippen LogP) is 4.84. The number of hydrogen-bond acceptors (Lipinski definition) is 1. The number of H-pyrrole nitrogens is 1. The highest BCUT2D eigenvalue weighted by atomic mass is 35.5. The van der Waals surface area contributed by atoms with Crippen LogP contribution in [-0.4, -0.2) is 10.9 Å². The van der Waals surface area contributed by atoms with Gasteiger partial charge in [-0.25, -0.2) is 0 Å². The van der Waals surface area contributed by atoms with Crippen LogP contribution in [0.4, 0.5) is 5.69 Å². The van der Waals surface area contributed by atoms with Crippen LogP contribution in [0, 0.1) is 0 Å². The Hall–Kier alpha value is -2.26. The van der Waals surface area contributed by atoms with Crippen molar-refractivity contribution in [1.29, 1.82) is 0 Å². The summed E-state index contributed by atoms with van der Waals surface area (Å²) in [6.07, 6.45) is 0.477. The zero-order valence-electron chi connectivity index (χ0n) is 11.6. The smallest absolute Gasteiger partial charge is 0.224 e. The van der Waals surface area contributed by atoms with E-state index >= 15 is 0 Å². The minimum Gasteiger partial charge on any atom is -0.355 e. The number of carbonyl (C=O) groups excluding carboxylic acids is 1. The molecule has 0 atom stereocenters. The molecule has 3 aromatic rings. The molecule has 1 amide bonds. The zero-order chi connectivity index (χ0) is 14.8. The molecule has 1 heterocycles. The number of anilines is 1. The summed E-state index contributed by atoms with van der Waals surface area (Å²) in [7, 11) is 0. The number of carbonyl (C=O) groups is 1. The first kappa shape index (κ1) is 13.7. The van der Waals surface area contributed by atoms with Crippen LogP contribution in [0.3, 0.4) is 0 Å². The Morgan fingerprint density at radius 3 is 2.62 bits per heavy atom. The lowest BCUT2D eigenvalue weighted by Gasteiger charge is -2.04. The van der Waals surface area contributed by atoms with Gasteiger partial charge < -0.3 is 10.3 Å². The second kappa shape index (κ2) is 5.62. The summed E-state index contributed by atoms with van der Waals surface area (Å²) in [6.45, 7) is 1.83. The molecule has 0 saturated carbocycles. The Labute approximate surface area is 127 Å². The maximum Gasteiger partial charge on any atom is 0.224 e. The van der Waals surface area contributed by atoms with E-state index in [2.05, 4.69) is 16.4 Å². The molecule has 2 aromatic carbocycles. The summed E-state index contributed by atoms with van der Waals surface area (Å²) in [5, 5.41) is 4.65. The minimum absolute atomic E-state index is 0.0167. The maximum absolute atomic E-state index is 11.4. The number of nitrogens with one attached hydrogen (secondary N) is 2. The summed E-state index contributed by atoms with van der Waals surface area (Å²) in [4.78, 5) is 14.7. The molecule has 21 heavy (non-hydrogen) atoms. The highest BCUT2D eigenvalue weighted by Crippen LogP contribution is 2.27. The first-order valence-corrected chi connectivity index (χ1v) is 7.22. The van der Waals surface area contributed by atoms with Gasteiger partial charge in [0.2, 0.25) is 5.91 Å². The molecule has 0 saturated heterocycles. The number of benzene rings is 2. The average Bonchev–Trinajstić information content (AvgIpc) is 2.90. The fourth-order valence-corrected chi connectivity index (χ4v) is 2.42. The second-order valence-corrected chi connectivity index (χ2v) is 5.33. The molecule has 106 valence electrons. The molecule has 2 N–H and O–H groups in total. The third kappa shape index (κ3) is 2.93. The highest BCUT2D eigenvalue weighted by molar-refractivity contribution is 6.31. The lowest BCUT2D eigenvalue weighted by Crippen LogP contribution is -2.08. The maximum atomic E-state index is 11.4. The largest absolute Gasteiger partial charge is 0.355 e. The topological polar surface area (TPSA) is 44.9 Å². The van der Waals surface area contributed by atoms with Crippen LogP contribution in [-0.2, 0) is 4.79 Å². The van der Waals surface area contributed by atoms with Gasteiger partial charge >= 0.3 is 0 Å². The summed E-state index contributed by atoms with van der Waals surface area (Å²) < 4.78 is 0. The van der Waals surface area contributed by atoms with Gasteiger partial charge in [-0.1, -0.05) is 30.7 Å².